The van der Waals surface area contributed by atoms with Crippen molar-refractivity contribution in [2.45, 2.75) is 11.8 Å². The molecule has 0 heterocycles. The van der Waals surface area contributed by atoms with Crippen LogP contribution in [0, 0.1) is 6.92 Å². The van der Waals surface area contributed by atoms with E-state index in [2.05, 4.69) is 0 Å². The molecule has 1 N–H and O–H groups in total. The predicted molar refractivity (Wildman–Crippen MR) is 46.4 cm³/mol. The van der Waals surface area contributed by atoms with Gasteiger partial charge < -0.3 is 5.11 Å². The van der Waals surface area contributed by atoms with Gasteiger partial charge in [-0.05, 0) is 24.6 Å². The second-order valence-corrected chi connectivity index (χ2v) is 4.41. The first kappa shape index (κ1) is 9.73. The highest BCUT2D eigenvalue weighted by atomic mass is 32.2. The zero-order chi connectivity index (χ0) is 10.1. The Bertz CT molecular complexity index is 433. The van der Waals surface area contributed by atoms with Crippen molar-refractivity contribution in [3.8, 4) is 0 Å². The highest BCUT2D eigenvalue weighted by Gasteiger charge is 2.23. The molecule has 0 bridgehead atoms. The summed E-state index contributed by atoms with van der Waals surface area (Å²) < 4.78 is 22.2. The van der Waals surface area contributed by atoms with Gasteiger partial charge in [0.25, 0.3) is 9.84 Å². The SMILES string of the molecule is Cc1cccc(S(=O)(=O)C(=O)O)c1. The van der Waals surface area contributed by atoms with Crippen molar-refractivity contribution in [3.05, 3.63) is 29.8 Å². The molecule has 0 radical (unpaired) electrons. The van der Waals surface area contributed by atoms with Crippen molar-refractivity contribution >= 4 is 15.1 Å². The van der Waals surface area contributed by atoms with E-state index in [9.17, 15) is 13.2 Å². The van der Waals surface area contributed by atoms with Crippen molar-refractivity contribution in [3.63, 3.8) is 0 Å². The number of benzene rings is 1. The molecule has 0 fully saturated rings. The van der Waals surface area contributed by atoms with Crippen molar-refractivity contribution in [1.29, 1.82) is 0 Å². The van der Waals surface area contributed by atoms with E-state index in [1.54, 1.807) is 13.0 Å². The van der Waals surface area contributed by atoms with Gasteiger partial charge >= 0.3 is 5.30 Å². The maximum absolute atomic E-state index is 11.1. The van der Waals surface area contributed by atoms with E-state index in [0.717, 1.165) is 0 Å². The van der Waals surface area contributed by atoms with Crippen LogP contribution in [0.1, 0.15) is 5.56 Å². The standard InChI is InChI=1S/C8H8O4S/c1-6-3-2-4-7(5-6)13(11,12)8(9)10/h2-5H,1H3,(H,9,10). The van der Waals surface area contributed by atoms with Gasteiger partial charge in [-0.15, -0.1) is 0 Å². The maximum Gasteiger partial charge on any atom is 0.427 e. The zero-order valence-electron chi connectivity index (χ0n) is 6.89. The Balaban J connectivity index is 3.32. The molecule has 0 aliphatic carbocycles. The molecule has 70 valence electrons. The molecular weight excluding hydrogens is 192 g/mol. The number of hydrogen-bond acceptors (Lipinski definition) is 3. The van der Waals surface area contributed by atoms with Crippen LogP contribution in [0.2, 0.25) is 0 Å². The molecule has 1 aromatic carbocycles. The van der Waals surface area contributed by atoms with Gasteiger partial charge in [-0.2, -0.15) is 0 Å². The molecule has 13 heavy (non-hydrogen) atoms. The molecule has 0 aromatic heterocycles. The summed E-state index contributed by atoms with van der Waals surface area (Å²) >= 11 is 0. The van der Waals surface area contributed by atoms with Crippen LogP contribution >= 0.6 is 0 Å². The monoisotopic (exact) mass is 200 g/mol. The molecule has 0 aliphatic heterocycles. The second kappa shape index (κ2) is 3.18. The molecule has 0 spiro atoms. The van der Waals surface area contributed by atoms with Crippen LogP contribution in [0.5, 0.6) is 0 Å². The minimum absolute atomic E-state index is 0.181. The van der Waals surface area contributed by atoms with Gasteiger partial charge in [0.1, 0.15) is 0 Å². The summed E-state index contributed by atoms with van der Waals surface area (Å²) in [5, 5.41) is 6.58. The average molecular weight is 200 g/mol. The van der Waals surface area contributed by atoms with Crippen LogP contribution < -0.4 is 0 Å². The third kappa shape index (κ3) is 1.86. The third-order valence-corrected chi connectivity index (χ3v) is 2.86. The average Bonchev–Trinajstić information content (AvgIpc) is 2.04. The van der Waals surface area contributed by atoms with Crippen molar-refractivity contribution < 1.29 is 18.3 Å². The van der Waals surface area contributed by atoms with E-state index in [-0.39, 0.29) is 4.90 Å². The first-order valence-corrected chi connectivity index (χ1v) is 4.97. The number of carboxylic acid groups (broad SMARTS) is 1. The number of rotatable bonds is 1. The van der Waals surface area contributed by atoms with Crippen LogP contribution in [0.15, 0.2) is 29.2 Å². The fourth-order valence-electron chi connectivity index (χ4n) is 0.883. The van der Waals surface area contributed by atoms with Gasteiger partial charge in [-0.3, -0.25) is 0 Å². The summed E-state index contributed by atoms with van der Waals surface area (Å²) in [6, 6.07) is 5.78. The molecular formula is C8H8O4S. The largest absolute Gasteiger partial charge is 0.469 e. The minimum atomic E-state index is -4.18. The summed E-state index contributed by atoms with van der Waals surface area (Å²) in [5.41, 5.74) is 0.710. The molecule has 0 saturated heterocycles. The van der Waals surface area contributed by atoms with E-state index in [0.29, 0.717) is 5.56 Å². The van der Waals surface area contributed by atoms with Gasteiger partial charge in [0.05, 0.1) is 4.90 Å². The first-order valence-electron chi connectivity index (χ1n) is 3.49. The summed E-state index contributed by atoms with van der Waals surface area (Å²) in [4.78, 5) is 10.2. The van der Waals surface area contributed by atoms with Gasteiger partial charge in [-0.1, -0.05) is 12.1 Å². The molecule has 1 rings (SSSR count). The fourth-order valence-corrected chi connectivity index (χ4v) is 1.68. The number of hydrogen-bond donors (Lipinski definition) is 1. The molecule has 0 unspecified atom stereocenters. The van der Waals surface area contributed by atoms with Crippen LogP contribution in [-0.4, -0.2) is 18.8 Å². The van der Waals surface area contributed by atoms with Gasteiger partial charge in [0, 0.05) is 0 Å². The lowest BCUT2D eigenvalue weighted by atomic mass is 10.2. The van der Waals surface area contributed by atoms with Crippen LogP contribution in [0.3, 0.4) is 0 Å². The molecule has 0 atom stereocenters. The van der Waals surface area contributed by atoms with E-state index >= 15 is 0 Å². The van der Waals surface area contributed by atoms with Gasteiger partial charge in [-0.25, -0.2) is 13.2 Å². The van der Waals surface area contributed by atoms with Gasteiger partial charge in [0.15, 0.2) is 0 Å². The van der Waals surface area contributed by atoms with Crippen molar-refractivity contribution in [2.24, 2.45) is 0 Å². The number of carbonyl (C=O) groups is 1. The highest BCUT2D eigenvalue weighted by Crippen LogP contribution is 2.12. The number of aryl methyl sites for hydroxylation is 1. The Morgan fingerprint density at radius 1 is 1.38 bits per heavy atom. The number of sulfone groups is 1. The van der Waals surface area contributed by atoms with Crippen molar-refractivity contribution in [2.75, 3.05) is 0 Å². The molecule has 0 aliphatic rings. The fraction of sp³-hybridized carbons (Fsp3) is 0.125. The van der Waals surface area contributed by atoms with E-state index < -0.39 is 15.1 Å². The smallest absolute Gasteiger partial charge is 0.427 e. The summed E-state index contributed by atoms with van der Waals surface area (Å²) in [6.45, 7) is 1.70. The lowest BCUT2D eigenvalue weighted by Gasteiger charge is -1.98. The molecule has 0 amide bonds. The highest BCUT2D eigenvalue weighted by molar-refractivity contribution is 8.05. The van der Waals surface area contributed by atoms with E-state index in [1.807, 2.05) is 0 Å². The normalized spacial score (nSPS) is 11.2. The Hall–Kier alpha value is -1.36. The van der Waals surface area contributed by atoms with Crippen LogP contribution in [0.25, 0.3) is 0 Å². The molecule has 1 aromatic rings. The minimum Gasteiger partial charge on any atom is -0.469 e. The maximum atomic E-state index is 11.1. The topological polar surface area (TPSA) is 71.4 Å². The molecule has 4 nitrogen and oxygen atoms in total. The Kier molecular flexibility index (Phi) is 2.38. The van der Waals surface area contributed by atoms with Crippen LogP contribution in [-0.2, 0) is 9.84 Å². The second-order valence-electron chi connectivity index (χ2n) is 2.59. The molecule has 5 heteroatoms. The first-order chi connectivity index (χ1) is 5.94. The predicted octanol–water partition coefficient (Wildman–Crippen LogP) is 1.45. The molecule has 0 saturated carbocycles. The zero-order valence-corrected chi connectivity index (χ0v) is 7.71. The summed E-state index contributed by atoms with van der Waals surface area (Å²) in [6.07, 6.45) is 0. The van der Waals surface area contributed by atoms with E-state index in [1.165, 1.54) is 18.2 Å². The quantitative estimate of drug-likeness (QED) is 0.744. The lowest BCUT2D eigenvalue weighted by Crippen LogP contribution is -2.11. The summed E-state index contributed by atoms with van der Waals surface area (Å²) in [5.74, 6) is 0. The third-order valence-electron chi connectivity index (χ3n) is 1.53. The van der Waals surface area contributed by atoms with Crippen LogP contribution in [0.4, 0.5) is 4.79 Å². The van der Waals surface area contributed by atoms with Crippen molar-refractivity contribution in [1.82, 2.24) is 0 Å². The Morgan fingerprint density at radius 3 is 2.46 bits per heavy atom. The van der Waals surface area contributed by atoms with Gasteiger partial charge in [0.2, 0.25) is 0 Å². The van der Waals surface area contributed by atoms with E-state index in [4.69, 9.17) is 5.11 Å². The summed E-state index contributed by atoms with van der Waals surface area (Å²) in [7, 11) is -4.18. The Labute approximate surface area is 75.7 Å². The lowest BCUT2D eigenvalue weighted by molar-refractivity contribution is 0.219. The Morgan fingerprint density at radius 2 is 2.00 bits per heavy atom.